The molecule has 4 rings (SSSR count). The van der Waals surface area contributed by atoms with Crippen LogP contribution >= 0.6 is 11.3 Å². The van der Waals surface area contributed by atoms with Gasteiger partial charge in [0.25, 0.3) is 0 Å². The quantitative estimate of drug-likeness (QED) is 0.496. The lowest BCUT2D eigenvalue weighted by Gasteiger charge is -2.18. The van der Waals surface area contributed by atoms with Gasteiger partial charge in [-0.05, 0) is 18.2 Å². The summed E-state index contributed by atoms with van der Waals surface area (Å²) in [5, 5.41) is 5.67. The van der Waals surface area contributed by atoms with Gasteiger partial charge in [0, 0.05) is 24.7 Å². The Kier molecular flexibility index (Phi) is 4.96. The van der Waals surface area contributed by atoms with Gasteiger partial charge < -0.3 is 0 Å². The number of hydrogen-bond acceptors (Lipinski definition) is 8. The number of amides is 1. The predicted octanol–water partition coefficient (Wildman–Crippen LogP) is 2.62. The second-order valence-corrected chi connectivity index (χ2v) is 6.69. The third-order valence-corrected chi connectivity index (χ3v) is 4.79. The molecule has 0 saturated carbocycles. The van der Waals surface area contributed by atoms with Crippen molar-refractivity contribution in [1.82, 2.24) is 24.7 Å². The highest BCUT2D eigenvalue weighted by Gasteiger charge is 2.22. The van der Waals surface area contributed by atoms with E-state index in [1.165, 1.54) is 47.0 Å². The summed E-state index contributed by atoms with van der Waals surface area (Å²) in [5.74, 6) is -1.25. The summed E-state index contributed by atoms with van der Waals surface area (Å²) in [7, 11) is 0. The number of carbonyl (C=O) groups excluding carboxylic acids is 1. The van der Waals surface area contributed by atoms with Crippen molar-refractivity contribution in [2.75, 3.05) is 4.90 Å². The highest BCUT2D eigenvalue weighted by molar-refractivity contribution is 7.14. The fraction of sp³-hybridized carbons (Fsp3) is 0.111. The lowest BCUT2D eigenvalue weighted by molar-refractivity contribution is -0.115. The minimum Gasteiger partial charge on any atom is -0.295 e. The van der Waals surface area contributed by atoms with Crippen LogP contribution in [0.15, 0.2) is 57.4 Å². The minimum atomic E-state index is -0.695. The van der Waals surface area contributed by atoms with E-state index in [1.54, 1.807) is 17.5 Å². The molecule has 1 amide bonds. The van der Waals surface area contributed by atoms with E-state index in [4.69, 9.17) is 4.52 Å². The summed E-state index contributed by atoms with van der Waals surface area (Å²) in [4.78, 5) is 37.9. The first-order chi connectivity index (χ1) is 14.0. The topological polar surface area (TPSA) is 107 Å². The zero-order chi connectivity index (χ0) is 20.4. The number of rotatable bonds is 5. The number of nitrogens with zero attached hydrogens (tertiary/aromatic N) is 6. The van der Waals surface area contributed by atoms with Crippen LogP contribution in [0.5, 0.6) is 0 Å². The highest BCUT2D eigenvalue weighted by Crippen LogP contribution is 2.31. The number of halogens is 1. The van der Waals surface area contributed by atoms with Crippen LogP contribution in [0.25, 0.3) is 11.6 Å². The van der Waals surface area contributed by atoms with Gasteiger partial charge in [-0.2, -0.15) is 0 Å². The molecule has 0 bridgehead atoms. The maximum Gasteiger partial charge on any atom is 0.442 e. The molecule has 0 aliphatic carbocycles. The summed E-state index contributed by atoms with van der Waals surface area (Å²) >= 11 is 1.15. The molecule has 0 radical (unpaired) electrons. The molecular weight excluding hydrogens is 399 g/mol. The molecule has 3 aromatic heterocycles. The number of anilines is 2. The number of benzene rings is 1. The zero-order valence-electron chi connectivity index (χ0n) is 15.0. The van der Waals surface area contributed by atoms with Crippen LogP contribution in [0.4, 0.5) is 15.2 Å². The fourth-order valence-corrected chi connectivity index (χ4v) is 3.53. The maximum absolute atomic E-state index is 14.2. The molecule has 0 unspecified atom stereocenters. The Bertz CT molecular complexity index is 1220. The van der Waals surface area contributed by atoms with Crippen LogP contribution < -0.4 is 10.7 Å². The van der Waals surface area contributed by atoms with Gasteiger partial charge in [0.1, 0.15) is 5.82 Å². The Morgan fingerprint density at radius 3 is 2.72 bits per heavy atom. The van der Waals surface area contributed by atoms with Gasteiger partial charge in [0.2, 0.25) is 11.7 Å². The second kappa shape index (κ2) is 7.72. The highest BCUT2D eigenvalue weighted by atomic mass is 32.1. The molecule has 0 aliphatic rings. The molecule has 0 saturated heterocycles. The normalized spacial score (nSPS) is 10.8. The summed E-state index contributed by atoms with van der Waals surface area (Å²) in [5.41, 5.74) is 0.566. The molecule has 1 aromatic carbocycles. The summed E-state index contributed by atoms with van der Waals surface area (Å²) in [6.45, 7) is 1.35. The first-order valence-corrected chi connectivity index (χ1v) is 9.26. The Morgan fingerprint density at radius 1 is 1.24 bits per heavy atom. The van der Waals surface area contributed by atoms with Crippen LogP contribution in [0, 0.1) is 5.82 Å². The van der Waals surface area contributed by atoms with Crippen molar-refractivity contribution in [3.63, 3.8) is 0 Å². The lowest BCUT2D eigenvalue weighted by atomic mass is 10.3. The van der Waals surface area contributed by atoms with Crippen LogP contribution in [-0.2, 0) is 11.3 Å². The monoisotopic (exact) mass is 412 g/mol. The van der Waals surface area contributed by atoms with Crippen LogP contribution in [0.2, 0.25) is 0 Å². The van der Waals surface area contributed by atoms with Gasteiger partial charge in [-0.15, -0.1) is 11.3 Å². The molecule has 11 heteroatoms. The Hall–Kier alpha value is -3.73. The zero-order valence-corrected chi connectivity index (χ0v) is 15.8. The molecule has 0 aliphatic heterocycles. The van der Waals surface area contributed by atoms with Gasteiger partial charge >= 0.3 is 5.76 Å². The third kappa shape index (κ3) is 3.67. The van der Waals surface area contributed by atoms with E-state index < -0.39 is 17.5 Å². The molecule has 0 spiro atoms. The van der Waals surface area contributed by atoms with Gasteiger partial charge in [0.05, 0.1) is 17.9 Å². The molecule has 0 fully saturated rings. The molecule has 29 heavy (non-hydrogen) atoms. The van der Waals surface area contributed by atoms with Crippen molar-refractivity contribution in [2.24, 2.45) is 0 Å². The molecular formula is C18H13FN6O3S. The average Bonchev–Trinajstić information content (AvgIpc) is 3.32. The van der Waals surface area contributed by atoms with E-state index in [-0.39, 0.29) is 29.0 Å². The molecule has 4 aromatic rings. The third-order valence-electron chi connectivity index (χ3n) is 3.91. The predicted molar refractivity (Wildman–Crippen MR) is 102 cm³/mol. The number of carbonyl (C=O) groups is 1. The van der Waals surface area contributed by atoms with Crippen LogP contribution in [0.3, 0.4) is 0 Å². The minimum absolute atomic E-state index is 0.0233. The van der Waals surface area contributed by atoms with Crippen molar-refractivity contribution in [1.29, 1.82) is 0 Å². The summed E-state index contributed by atoms with van der Waals surface area (Å²) in [6.07, 6.45) is 3.04. The first kappa shape index (κ1) is 18.6. The summed E-state index contributed by atoms with van der Waals surface area (Å²) < 4.78 is 20.2. The van der Waals surface area contributed by atoms with Gasteiger partial charge in [-0.25, -0.2) is 28.7 Å². The van der Waals surface area contributed by atoms with Crippen molar-refractivity contribution in [2.45, 2.75) is 13.5 Å². The van der Waals surface area contributed by atoms with Crippen molar-refractivity contribution in [3.8, 4) is 11.6 Å². The van der Waals surface area contributed by atoms with E-state index in [1.807, 2.05) is 0 Å². The van der Waals surface area contributed by atoms with Crippen LogP contribution in [-0.4, -0.2) is 30.6 Å². The Morgan fingerprint density at radius 2 is 2.00 bits per heavy atom. The Labute approximate surface area is 167 Å². The van der Waals surface area contributed by atoms with Gasteiger partial charge in [0.15, 0.2) is 11.0 Å². The summed E-state index contributed by atoms with van der Waals surface area (Å²) in [6, 6.07) is 7.56. The standard InChI is InChI=1S/C18H13FN6O3S/c1-11(26)25(14-6-3-2-5-13(14)19)17-22-12(10-29-17)9-24-16(23-28-18(24)27)15-20-7-4-8-21-15/h2-8,10H,9H2,1H3. The number of hydrogen-bond donors (Lipinski definition) is 0. The molecule has 3 heterocycles. The largest absolute Gasteiger partial charge is 0.442 e. The lowest BCUT2D eigenvalue weighted by Crippen LogP contribution is -2.24. The molecule has 9 nitrogen and oxygen atoms in total. The molecule has 146 valence electrons. The van der Waals surface area contributed by atoms with E-state index in [9.17, 15) is 14.0 Å². The van der Waals surface area contributed by atoms with Crippen molar-refractivity contribution < 1.29 is 13.7 Å². The maximum atomic E-state index is 14.2. The first-order valence-electron chi connectivity index (χ1n) is 8.38. The second-order valence-electron chi connectivity index (χ2n) is 5.86. The van der Waals surface area contributed by atoms with E-state index in [2.05, 4.69) is 20.1 Å². The van der Waals surface area contributed by atoms with E-state index in [0.717, 1.165) is 11.3 Å². The fourth-order valence-electron chi connectivity index (χ4n) is 2.66. The van der Waals surface area contributed by atoms with Crippen molar-refractivity contribution in [3.05, 3.63) is 70.2 Å². The van der Waals surface area contributed by atoms with E-state index in [0.29, 0.717) is 5.69 Å². The Balaban J connectivity index is 1.67. The van der Waals surface area contributed by atoms with Gasteiger partial charge in [-0.3, -0.25) is 14.2 Å². The van der Waals surface area contributed by atoms with Gasteiger partial charge in [-0.1, -0.05) is 17.3 Å². The smallest absolute Gasteiger partial charge is 0.295 e. The van der Waals surface area contributed by atoms with Crippen LogP contribution in [0.1, 0.15) is 12.6 Å². The number of thiazole rings is 1. The number of para-hydroxylation sites is 1. The SMILES string of the molecule is CC(=O)N(c1nc(Cn2c(-c3ncccn3)noc2=O)cs1)c1ccccc1F. The van der Waals surface area contributed by atoms with E-state index >= 15 is 0 Å². The number of aromatic nitrogens is 5. The average molecular weight is 412 g/mol. The van der Waals surface area contributed by atoms with Crippen molar-refractivity contribution >= 4 is 28.1 Å². The molecule has 0 N–H and O–H groups in total. The molecule has 0 atom stereocenters.